The van der Waals surface area contributed by atoms with Crippen LogP contribution < -0.4 is 10.6 Å². The van der Waals surface area contributed by atoms with E-state index in [9.17, 15) is 14.0 Å². The van der Waals surface area contributed by atoms with Crippen molar-refractivity contribution < 1.29 is 14.0 Å². The number of aromatic nitrogens is 2. The average Bonchev–Trinajstić information content (AvgIpc) is 3.40. The lowest BCUT2D eigenvalue weighted by atomic mass is 9.85. The molecular formula is C24H24ClFN4O2. The fraction of sp³-hybridized carbons (Fsp3) is 0.292. The molecular weight excluding hydrogens is 431 g/mol. The maximum Gasteiger partial charge on any atom is 0.220 e. The van der Waals surface area contributed by atoms with Crippen molar-refractivity contribution in [3.05, 3.63) is 82.9 Å². The molecule has 2 N–H and O–H groups in total. The number of nitrogens with zero attached hydrogens (tertiary/aromatic N) is 2. The van der Waals surface area contributed by atoms with E-state index in [4.69, 9.17) is 11.6 Å². The van der Waals surface area contributed by atoms with Gasteiger partial charge in [-0.1, -0.05) is 29.8 Å². The number of benzene rings is 2. The first-order valence-corrected chi connectivity index (χ1v) is 10.9. The predicted molar refractivity (Wildman–Crippen MR) is 120 cm³/mol. The normalized spacial score (nSPS) is 17.9. The zero-order valence-corrected chi connectivity index (χ0v) is 18.2. The molecule has 1 aromatic heterocycles. The van der Waals surface area contributed by atoms with Crippen molar-refractivity contribution in [2.24, 2.45) is 0 Å². The van der Waals surface area contributed by atoms with E-state index in [1.807, 2.05) is 24.3 Å². The van der Waals surface area contributed by atoms with Crippen molar-refractivity contribution in [3.8, 4) is 5.69 Å². The van der Waals surface area contributed by atoms with Gasteiger partial charge in [-0.2, -0.15) is 5.10 Å². The summed E-state index contributed by atoms with van der Waals surface area (Å²) in [5, 5.41) is 10.9. The predicted octanol–water partition coefficient (Wildman–Crippen LogP) is 3.95. The van der Waals surface area contributed by atoms with Gasteiger partial charge in [-0.3, -0.25) is 9.59 Å². The summed E-state index contributed by atoms with van der Waals surface area (Å²) >= 11 is 5.97. The molecule has 32 heavy (non-hydrogen) atoms. The molecule has 3 aromatic rings. The van der Waals surface area contributed by atoms with Gasteiger partial charge in [0.05, 0.1) is 11.9 Å². The van der Waals surface area contributed by atoms with Crippen LogP contribution in [-0.4, -0.2) is 27.1 Å². The first-order valence-electron chi connectivity index (χ1n) is 10.5. The Morgan fingerprint density at radius 2 is 2.03 bits per heavy atom. The van der Waals surface area contributed by atoms with Crippen molar-refractivity contribution in [2.75, 3.05) is 0 Å². The summed E-state index contributed by atoms with van der Waals surface area (Å²) < 4.78 is 15.0. The zero-order valence-electron chi connectivity index (χ0n) is 17.5. The minimum Gasteiger partial charge on any atom is -0.352 e. The molecule has 1 fully saturated rings. The molecule has 8 heteroatoms. The molecule has 1 aliphatic heterocycles. The first-order chi connectivity index (χ1) is 15.4. The zero-order chi connectivity index (χ0) is 22.6. The van der Waals surface area contributed by atoms with Gasteiger partial charge in [-0.15, -0.1) is 0 Å². The Balaban J connectivity index is 1.32. The van der Waals surface area contributed by atoms with E-state index in [2.05, 4.69) is 15.7 Å². The number of carbonyl (C=O) groups excluding carboxylic acids is 2. The Kier molecular flexibility index (Phi) is 6.55. The SMILES string of the molecule is O=C(CC[C@]1(Cc2ccc(Cl)cc2)CCC(=O)N1)NCc1cnn(-c2cccc(F)c2)c1. The van der Waals surface area contributed by atoms with Crippen molar-refractivity contribution >= 4 is 23.4 Å². The molecule has 1 atom stereocenters. The van der Waals surface area contributed by atoms with Crippen LogP contribution in [0.25, 0.3) is 5.69 Å². The van der Waals surface area contributed by atoms with E-state index in [1.165, 1.54) is 12.1 Å². The fourth-order valence-corrected chi connectivity index (χ4v) is 4.15. The molecule has 0 spiro atoms. The summed E-state index contributed by atoms with van der Waals surface area (Å²) in [4.78, 5) is 24.4. The number of rotatable bonds is 8. The van der Waals surface area contributed by atoms with Gasteiger partial charge < -0.3 is 10.6 Å². The molecule has 0 unspecified atom stereocenters. The van der Waals surface area contributed by atoms with E-state index < -0.39 is 5.54 Å². The monoisotopic (exact) mass is 454 g/mol. The summed E-state index contributed by atoms with van der Waals surface area (Å²) in [6, 6.07) is 13.7. The summed E-state index contributed by atoms with van der Waals surface area (Å²) in [5.41, 5.74) is 2.07. The second kappa shape index (κ2) is 9.53. The molecule has 0 radical (unpaired) electrons. The number of halogens is 2. The van der Waals surface area contributed by atoms with Crippen LogP contribution in [-0.2, 0) is 22.6 Å². The topological polar surface area (TPSA) is 76.0 Å². The number of hydrogen-bond donors (Lipinski definition) is 2. The van der Waals surface area contributed by atoms with Gasteiger partial charge in [-0.05, 0) is 55.2 Å². The number of hydrogen-bond acceptors (Lipinski definition) is 3. The van der Waals surface area contributed by atoms with Crippen molar-refractivity contribution in [1.82, 2.24) is 20.4 Å². The third kappa shape index (κ3) is 5.53. The van der Waals surface area contributed by atoms with E-state index in [1.54, 1.807) is 29.2 Å². The highest BCUT2D eigenvalue weighted by molar-refractivity contribution is 6.30. The highest BCUT2D eigenvalue weighted by Gasteiger charge is 2.37. The Morgan fingerprint density at radius 3 is 2.75 bits per heavy atom. The number of nitrogens with one attached hydrogen (secondary N) is 2. The lowest BCUT2D eigenvalue weighted by Crippen LogP contribution is -2.44. The lowest BCUT2D eigenvalue weighted by molar-refractivity contribution is -0.122. The van der Waals surface area contributed by atoms with Gasteiger partial charge >= 0.3 is 0 Å². The van der Waals surface area contributed by atoms with Crippen molar-refractivity contribution in [3.63, 3.8) is 0 Å². The maximum atomic E-state index is 13.4. The average molecular weight is 455 g/mol. The Hall–Kier alpha value is -3.19. The molecule has 6 nitrogen and oxygen atoms in total. The smallest absolute Gasteiger partial charge is 0.220 e. The van der Waals surface area contributed by atoms with Crippen LogP contribution in [0.1, 0.15) is 36.8 Å². The van der Waals surface area contributed by atoms with Crippen molar-refractivity contribution in [1.29, 1.82) is 0 Å². The molecule has 2 amide bonds. The van der Waals surface area contributed by atoms with Gasteiger partial charge in [0.1, 0.15) is 5.82 Å². The molecule has 0 saturated carbocycles. The van der Waals surface area contributed by atoms with E-state index in [0.29, 0.717) is 49.4 Å². The summed E-state index contributed by atoms with van der Waals surface area (Å²) in [6.45, 7) is 0.324. The summed E-state index contributed by atoms with van der Waals surface area (Å²) in [5.74, 6) is -0.413. The fourth-order valence-electron chi connectivity index (χ4n) is 4.03. The van der Waals surface area contributed by atoms with Gasteiger partial charge in [0, 0.05) is 41.7 Å². The third-order valence-electron chi connectivity index (χ3n) is 5.72. The molecule has 0 aliphatic carbocycles. The van der Waals surface area contributed by atoms with Gasteiger partial charge in [0.25, 0.3) is 0 Å². The Labute approximate surface area is 190 Å². The van der Waals surface area contributed by atoms with Gasteiger partial charge in [-0.25, -0.2) is 9.07 Å². The molecule has 166 valence electrons. The second-order valence-electron chi connectivity index (χ2n) is 8.18. The Bertz CT molecular complexity index is 1120. The third-order valence-corrected chi connectivity index (χ3v) is 5.97. The van der Waals surface area contributed by atoms with Gasteiger partial charge in [0.15, 0.2) is 0 Å². The first kappa shape index (κ1) is 22.0. The molecule has 4 rings (SSSR count). The standard InChI is InChI=1S/C24H24ClFN4O2/c25-19-6-4-17(5-7-19)13-24(11-9-23(32)29-24)10-8-22(31)27-14-18-15-28-30(16-18)21-3-1-2-20(26)12-21/h1-7,12,15-16H,8-11,13-14H2,(H,27,31)(H,29,32)/t24-/m1/s1. The molecule has 1 saturated heterocycles. The van der Waals surface area contributed by atoms with Crippen LogP contribution in [0.3, 0.4) is 0 Å². The number of carbonyl (C=O) groups is 2. The Morgan fingerprint density at radius 1 is 1.22 bits per heavy atom. The quantitative estimate of drug-likeness (QED) is 0.541. The van der Waals surface area contributed by atoms with E-state index >= 15 is 0 Å². The maximum absolute atomic E-state index is 13.4. The molecule has 0 bridgehead atoms. The van der Waals surface area contributed by atoms with Crippen LogP contribution in [0.2, 0.25) is 5.02 Å². The van der Waals surface area contributed by atoms with Gasteiger partial charge in [0.2, 0.25) is 11.8 Å². The highest BCUT2D eigenvalue weighted by Crippen LogP contribution is 2.30. The van der Waals surface area contributed by atoms with E-state index in [-0.39, 0.29) is 17.6 Å². The second-order valence-corrected chi connectivity index (χ2v) is 8.62. The lowest BCUT2D eigenvalue weighted by Gasteiger charge is -2.29. The largest absolute Gasteiger partial charge is 0.352 e. The molecule has 1 aliphatic rings. The van der Waals surface area contributed by atoms with E-state index in [0.717, 1.165) is 11.1 Å². The molecule has 2 heterocycles. The molecule has 2 aromatic carbocycles. The minimum atomic E-state index is -0.426. The van der Waals surface area contributed by atoms with Crippen LogP contribution in [0.4, 0.5) is 4.39 Å². The number of amides is 2. The van der Waals surface area contributed by atoms with Crippen LogP contribution in [0.5, 0.6) is 0 Å². The van der Waals surface area contributed by atoms with Crippen LogP contribution >= 0.6 is 11.6 Å². The van der Waals surface area contributed by atoms with Crippen molar-refractivity contribution in [2.45, 2.75) is 44.2 Å². The van der Waals surface area contributed by atoms with Crippen LogP contribution in [0.15, 0.2) is 60.9 Å². The minimum absolute atomic E-state index is 0.0177. The summed E-state index contributed by atoms with van der Waals surface area (Å²) in [7, 11) is 0. The highest BCUT2D eigenvalue weighted by atomic mass is 35.5. The summed E-state index contributed by atoms with van der Waals surface area (Å²) in [6.07, 6.45) is 6.07. The van der Waals surface area contributed by atoms with Crippen LogP contribution in [0, 0.1) is 5.82 Å².